The summed E-state index contributed by atoms with van der Waals surface area (Å²) < 4.78 is 0. The second-order valence-electron chi connectivity index (χ2n) is 2.43. The van der Waals surface area contributed by atoms with Gasteiger partial charge < -0.3 is 17.4 Å². The number of anilines is 1. The van der Waals surface area contributed by atoms with Crippen LogP contribution >= 0.6 is 34.8 Å². The summed E-state index contributed by atoms with van der Waals surface area (Å²) in [4.78, 5) is 14.6. The Morgan fingerprint density at radius 1 is 0.789 bits per heavy atom. The first-order valence-corrected chi connectivity index (χ1v) is 5.07. The van der Waals surface area contributed by atoms with Crippen molar-refractivity contribution in [1.29, 1.82) is 0 Å². The van der Waals surface area contributed by atoms with Gasteiger partial charge in [-0.1, -0.05) is 42.2 Å². The number of halogens is 3. The van der Waals surface area contributed by atoms with Crippen LogP contribution in [0.25, 0.3) is 0 Å². The molecular weight excluding hydrogens is 314 g/mol. The highest BCUT2D eigenvalue weighted by molar-refractivity contribution is 6.32. The first-order chi connectivity index (χ1) is 7.58. The van der Waals surface area contributed by atoms with Gasteiger partial charge >= 0.3 is 0 Å². The molecule has 0 saturated carbocycles. The Morgan fingerprint density at radius 3 is 1.37 bits per heavy atom. The van der Waals surface area contributed by atoms with Gasteiger partial charge in [0.15, 0.2) is 0 Å². The molecule has 0 spiro atoms. The summed E-state index contributed by atoms with van der Waals surface area (Å²) in [6.07, 6.45) is 5.71. The molecule has 0 unspecified atom stereocenters. The molecule has 0 aliphatic rings. The molecule has 108 valence electrons. The molecule has 2 rings (SSSR count). The molecule has 7 nitrogen and oxygen atoms in total. The van der Waals surface area contributed by atoms with E-state index in [1.165, 1.54) is 24.8 Å². The third kappa shape index (κ3) is 10.4. The normalized spacial score (nSPS) is 7.74. The van der Waals surface area contributed by atoms with Crippen molar-refractivity contribution in [3.63, 3.8) is 0 Å². The van der Waals surface area contributed by atoms with Crippen LogP contribution in [0.4, 0.5) is 5.82 Å². The molecule has 2 aromatic heterocycles. The molecule has 19 heavy (non-hydrogen) atoms. The van der Waals surface area contributed by atoms with E-state index < -0.39 is 0 Å². The summed E-state index contributed by atoms with van der Waals surface area (Å²) in [5, 5.41) is 0.958. The smallest absolute Gasteiger partial charge is 0.149 e. The summed E-state index contributed by atoms with van der Waals surface area (Å²) in [5.74, 6) is 0.345. The Hall–Kier alpha value is -1.25. The maximum Gasteiger partial charge on any atom is 0.149 e. The fourth-order valence-corrected chi connectivity index (χ4v) is 1.17. The largest absolute Gasteiger partial charge is 0.412 e. The maximum atomic E-state index is 5.39. The van der Waals surface area contributed by atoms with Crippen LogP contribution in [0.3, 0.4) is 0 Å². The third-order valence-corrected chi connectivity index (χ3v) is 1.75. The highest BCUT2D eigenvalue weighted by atomic mass is 35.5. The molecular formula is C9H15Cl3N6O. The Bertz CT molecular complexity index is 395. The average Bonchev–Trinajstić information content (AvgIpc) is 2.17. The molecule has 0 aromatic carbocycles. The zero-order valence-electron chi connectivity index (χ0n) is 9.02. The highest BCUT2D eigenvalue weighted by Gasteiger charge is 1.88. The molecule has 0 aliphatic heterocycles. The molecule has 0 fully saturated rings. The van der Waals surface area contributed by atoms with Crippen molar-refractivity contribution in [3.05, 3.63) is 40.2 Å². The Morgan fingerprint density at radius 2 is 1.16 bits per heavy atom. The zero-order chi connectivity index (χ0) is 12.0. The fourth-order valence-electron chi connectivity index (χ4n) is 0.676. The van der Waals surface area contributed by atoms with E-state index in [-0.39, 0.29) is 19.1 Å². The van der Waals surface area contributed by atoms with Crippen molar-refractivity contribution in [1.82, 2.24) is 26.1 Å². The zero-order valence-corrected chi connectivity index (χ0v) is 11.3. The molecule has 0 amide bonds. The maximum absolute atomic E-state index is 5.39. The van der Waals surface area contributed by atoms with E-state index in [0.29, 0.717) is 21.3 Å². The van der Waals surface area contributed by atoms with Crippen molar-refractivity contribution in [3.8, 4) is 0 Å². The fraction of sp³-hybridized carbons (Fsp3) is 0.111. The SMILES string of the molecule is C.Clc1cncc(Cl)n1.N.Nc1cncc(Cl)n1.O. The van der Waals surface area contributed by atoms with Crippen LogP contribution in [0.2, 0.25) is 15.5 Å². The van der Waals surface area contributed by atoms with Crippen molar-refractivity contribution >= 4 is 40.6 Å². The predicted octanol–water partition coefficient (Wildman–Crippen LogP) is 2.47. The molecule has 0 atom stereocenters. The number of nitrogens with two attached hydrogens (primary N) is 1. The lowest BCUT2D eigenvalue weighted by Gasteiger charge is -1.87. The topological polar surface area (TPSA) is 144 Å². The Kier molecular flexibility index (Phi) is 14.2. The van der Waals surface area contributed by atoms with Crippen molar-refractivity contribution in [2.24, 2.45) is 0 Å². The summed E-state index contributed by atoms with van der Waals surface area (Å²) in [7, 11) is 0. The van der Waals surface area contributed by atoms with Gasteiger partial charge in [0.2, 0.25) is 0 Å². The van der Waals surface area contributed by atoms with E-state index in [2.05, 4.69) is 19.9 Å². The summed E-state index contributed by atoms with van der Waals surface area (Å²) in [6, 6.07) is 0. The predicted molar refractivity (Wildman–Crippen MR) is 78.9 cm³/mol. The van der Waals surface area contributed by atoms with E-state index in [1.807, 2.05) is 0 Å². The van der Waals surface area contributed by atoms with Gasteiger partial charge in [-0.3, -0.25) is 9.97 Å². The first-order valence-electron chi connectivity index (χ1n) is 3.94. The molecule has 0 radical (unpaired) electrons. The van der Waals surface area contributed by atoms with Crippen LogP contribution in [-0.4, -0.2) is 25.4 Å². The van der Waals surface area contributed by atoms with E-state index in [9.17, 15) is 0 Å². The van der Waals surface area contributed by atoms with Crippen LogP contribution in [0.1, 0.15) is 7.43 Å². The lowest BCUT2D eigenvalue weighted by molar-refractivity contribution is 0.824. The molecule has 7 N–H and O–H groups in total. The van der Waals surface area contributed by atoms with Crippen molar-refractivity contribution in [2.75, 3.05) is 5.73 Å². The quantitative estimate of drug-likeness (QED) is 0.759. The number of nitrogens with zero attached hydrogens (tertiary/aromatic N) is 4. The van der Waals surface area contributed by atoms with Gasteiger partial charge in [-0.05, 0) is 0 Å². The third-order valence-electron chi connectivity index (χ3n) is 1.20. The Labute approximate surface area is 126 Å². The van der Waals surface area contributed by atoms with Crippen LogP contribution in [0, 0.1) is 0 Å². The van der Waals surface area contributed by atoms with Crippen LogP contribution in [0.5, 0.6) is 0 Å². The van der Waals surface area contributed by atoms with Gasteiger partial charge in [0.05, 0.1) is 24.8 Å². The van der Waals surface area contributed by atoms with Gasteiger partial charge in [-0.25, -0.2) is 9.97 Å². The lowest BCUT2D eigenvalue weighted by atomic mass is 10.7. The van der Waals surface area contributed by atoms with Gasteiger partial charge in [0.1, 0.15) is 21.3 Å². The minimum atomic E-state index is 0. The minimum absolute atomic E-state index is 0. The van der Waals surface area contributed by atoms with Gasteiger partial charge in [-0.2, -0.15) is 0 Å². The second kappa shape index (κ2) is 11.8. The van der Waals surface area contributed by atoms with Crippen molar-refractivity contribution in [2.45, 2.75) is 7.43 Å². The number of hydrogen-bond donors (Lipinski definition) is 2. The number of hydrogen-bond acceptors (Lipinski definition) is 6. The van der Waals surface area contributed by atoms with E-state index in [0.717, 1.165) is 0 Å². The molecule has 10 heteroatoms. The van der Waals surface area contributed by atoms with Gasteiger partial charge in [0, 0.05) is 0 Å². The van der Waals surface area contributed by atoms with Crippen LogP contribution < -0.4 is 11.9 Å². The van der Waals surface area contributed by atoms with Crippen LogP contribution in [0.15, 0.2) is 24.8 Å². The summed E-state index contributed by atoms with van der Waals surface area (Å²) >= 11 is 16.2. The van der Waals surface area contributed by atoms with E-state index >= 15 is 0 Å². The molecule has 0 saturated heterocycles. The molecule has 2 heterocycles. The van der Waals surface area contributed by atoms with E-state index in [4.69, 9.17) is 40.5 Å². The van der Waals surface area contributed by atoms with Crippen molar-refractivity contribution < 1.29 is 5.48 Å². The molecule has 0 aliphatic carbocycles. The monoisotopic (exact) mass is 328 g/mol. The van der Waals surface area contributed by atoms with Crippen LogP contribution in [-0.2, 0) is 0 Å². The number of aromatic nitrogens is 4. The van der Waals surface area contributed by atoms with Gasteiger partial charge in [0.25, 0.3) is 0 Å². The minimum Gasteiger partial charge on any atom is -0.412 e. The second-order valence-corrected chi connectivity index (χ2v) is 3.59. The van der Waals surface area contributed by atoms with E-state index in [1.54, 1.807) is 0 Å². The average molecular weight is 330 g/mol. The molecule has 2 aromatic rings. The Balaban J connectivity index is -0.000000233. The first kappa shape index (κ1) is 22.9. The number of nitrogen functional groups attached to an aromatic ring is 1. The van der Waals surface area contributed by atoms with Gasteiger partial charge in [-0.15, -0.1) is 0 Å². The lowest BCUT2D eigenvalue weighted by Crippen LogP contribution is -1.89. The highest BCUT2D eigenvalue weighted by Crippen LogP contribution is 2.05. The molecule has 0 bridgehead atoms. The number of rotatable bonds is 0. The summed E-state index contributed by atoms with van der Waals surface area (Å²) in [6.45, 7) is 0. The standard InChI is InChI=1S/C4H2Cl2N2.C4H4ClN3.CH4.H3N.H2O/c2*5-3-1-7-2-4(6)8-3;;;/h1-2H;1-2H,(H2,6,8);1H4;1H3;1H2. The summed E-state index contributed by atoms with van der Waals surface area (Å²) in [5.41, 5.74) is 5.20.